The number of carbonyl (C=O) groups excluding carboxylic acids is 1. The maximum atomic E-state index is 12.4. The van der Waals surface area contributed by atoms with E-state index in [1.54, 1.807) is 12.1 Å². The highest BCUT2D eigenvalue weighted by Gasteiger charge is 2.17. The molecule has 0 aliphatic carbocycles. The Morgan fingerprint density at radius 3 is 2.74 bits per heavy atom. The highest BCUT2D eigenvalue weighted by molar-refractivity contribution is 6.04. The molecular weight excluding hydrogens is 352 g/mol. The fraction of sp³-hybridized carbons (Fsp3) is 0.278. The molecule has 1 aliphatic heterocycles. The van der Waals surface area contributed by atoms with Crippen LogP contribution in [-0.2, 0) is 4.74 Å². The predicted octanol–water partition coefficient (Wildman–Crippen LogP) is 2.67. The molecule has 9 nitrogen and oxygen atoms in total. The number of nitriles is 1. The van der Waals surface area contributed by atoms with E-state index in [0.717, 1.165) is 18.9 Å². The van der Waals surface area contributed by atoms with Gasteiger partial charge in [0.2, 0.25) is 5.88 Å². The van der Waals surface area contributed by atoms with Gasteiger partial charge in [-0.25, -0.2) is 4.98 Å². The van der Waals surface area contributed by atoms with Crippen molar-refractivity contribution in [2.75, 3.05) is 18.5 Å². The molecule has 1 N–H and O–H groups in total. The summed E-state index contributed by atoms with van der Waals surface area (Å²) in [6, 6.07) is 8.66. The van der Waals surface area contributed by atoms with Crippen LogP contribution in [0.15, 0.2) is 36.5 Å². The first-order chi connectivity index (χ1) is 13.1. The number of nitro benzene ring substituents is 1. The number of rotatable bonds is 5. The Labute approximate surface area is 154 Å². The van der Waals surface area contributed by atoms with Crippen molar-refractivity contribution in [3.8, 4) is 11.9 Å². The van der Waals surface area contributed by atoms with Crippen molar-refractivity contribution in [2.45, 2.75) is 18.9 Å². The van der Waals surface area contributed by atoms with Crippen LogP contribution >= 0.6 is 0 Å². The minimum atomic E-state index is -0.604. The van der Waals surface area contributed by atoms with Crippen LogP contribution in [0.5, 0.6) is 5.88 Å². The van der Waals surface area contributed by atoms with E-state index in [9.17, 15) is 14.9 Å². The molecule has 1 amide bonds. The van der Waals surface area contributed by atoms with Crippen molar-refractivity contribution in [3.05, 3.63) is 57.8 Å². The number of hydrogen-bond acceptors (Lipinski definition) is 7. The molecule has 3 rings (SSSR count). The summed E-state index contributed by atoms with van der Waals surface area (Å²) in [6.07, 6.45) is 3.01. The molecule has 0 atom stereocenters. The van der Waals surface area contributed by atoms with Gasteiger partial charge in [0.15, 0.2) is 0 Å². The number of carbonyl (C=O) groups is 1. The first kappa shape index (κ1) is 18.3. The third kappa shape index (κ3) is 4.56. The number of aromatic nitrogens is 1. The lowest BCUT2D eigenvalue weighted by Gasteiger charge is -2.22. The van der Waals surface area contributed by atoms with E-state index >= 15 is 0 Å². The number of nitrogens with zero attached hydrogens (tertiary/aromatic N) is 3. The van der Waals surface area contributed by atoms with Crippen molar-refractivity contribution in [3.63, 3.8) is 0 Å². The van der Waals surface area contributed by atoms with Crippen molar-refractivity contribution in [1.82, 2.24) is 4.98 Å². The van der Waals surface area contributed by atoms with Gasteiger partial charge in [-0.05, 0) is 12.1 Å². The van der Waals surface area contributed by atoms with Crippen LogP contribution in [-0.4, -0.2) is 35.1 Å². The second-order valence-electron chi connectivity index (χ2n) is 5.87. The van der Waals surface area contributed by atoms with Crippen LogP contribution < -0.4 is 10.1 Å². The molecule has 138 valence electrons. The van der Waals surface area contributed by atoms with Gasteiger partial charge in [0, 0.05) is 37.2 Å². The minimum absolute atomic E-state index is 0.00461. The molecule has 1 aliphatic rings. The topological polar surface area (TPSA) is 127 Å². The highest BCUT2D eigenvalue weighted by Crippen LogP contribution is 2.22. The Morgan fingerprint density at radius 1 is 1.33 bits per heavy atom. The van der Waals surface area contributed by atoms with Crippen molar-refractivity contribution in [2.24, 2.45) is 0 Å². The van der Waals surface area contributed by atoms with Crippen molar-refractivity contribution < 1.29 is 19.2 Å². The third-order valence-electron chi connectivity index (χ3n) is 4.04. The zero-order valence-electron chi connectivity index (χ0n) is 14.3. The van der Waals surface area contributed by atoms with Crippen LogP contribution in [0.25, 0.3) is 0 Å². The fourth-order valence-corrected chi connectivity index (χ4v) is 2.59. The quantitative estimate of drug-likeness (QED) is 0.635. The Kier molecular flexibility index (Phi) is 5.58. The SMILES string of the molecule is N#Cc1cc([N+](=O)[O-])ccc1NC(=O)c1ccc(OC2CCOCC2)nc1. The Bertz CT molecular complexity index is 886. The number of hydrogen-bond donors (Lipinski definition) is 1. The standard InChI is InChI=1S/C18H16N4O5/c19-10-13-9-14(22(24)25)2-3-16(13)21-18(23)12-1-4-17(20-11-12)27-15-5-7-26-8-6-15/h1-4,9,11,15H,5-8H2,(H,21,23). The fourth-order valence-electron chi connectivity index (χ4n) is 2.59. The molecule has 27 heavy (non-hydrogen) atoms. The van der Waals surface area contributed by atoms with Crippen LogP contribution in [0.3, 0.4) is 0 Å². The smallest absolute Gasteiger partial charge is 0.270 e. The van der Waals surface area contributed by atoms with E-state index in [-0.39, 0.29) is 28.6 Å². The number of anilines is 1. The van der Waals surface area contributed by atoms with Gasteiger partial charge < -0.3 is 14.8 Å². The van der Waals surface area contributed by atoms with Gasteiger partial charge in [0.1, 0.15) is 12.2 Å². The average Bonchev–Trinajstić information content (AvgIpc) is 2.69. The van der Waals surface area contributed by atoms with Crippen LogP contribution in [0.1, 0.15) is 28.8 Å². The maximum Gasteiger partial charge on any atom is 0.270 e. The summed E-state index contributed by atoms with van der Waals surface area (Å²) in [5.74, 6) is -0.0584. The first-order valence-corrected chi connectivity index (χ1v) is 8.27. The van der Waals surface area contributed by atoms with E-state index in [1.165, 1.54) is 18.3 Å². The molecule has 1 saturated heterocycles. The van der Waals surface area contributed by atoms with E-state index in [1.807, 2.05) is 6.07 Å². The molecule has 2 heterocycles. The summed E-state index contributed by atoms with van der Waals surface area (Å²) in [5.41, 5.74) is 0.248. The van der Waals surface area contributed by atoms with Gasteiger partial charge in [-0.1, -0.05) is 0 Å². The van der Waals surface area contributed by atoms with Gasteiger partial charge >= 0.3 is 0 Å². The van der Waals surface area contributed by atoms with E-state index < -0.39 is 10.8 Å². The number of nitro groups is 1. The molecule has 0 spiro atoms. The first-order valence-electron chi connectivity index (χ1n) is 8.27. The lowest BCUT2D eigenvalue weighted by Crippen LogP contribution is -2.26. The minimum Gasteiger partial charge on any atom is -0.474 e. The second-order valence-corrected chi connectivity index (χ2v) is 5.87. The molecule has 2 aromatic rings. The van der Waals surface area contributed by atoms with Gasteiger partial charge in [-0.3, -0.25) is 14.9 Å². The molecule has 1 fully saturated rings. The number of ether oxygens (including phenoxy) is 2. The molecule has 1 aromatic carbocycles. The van der Waals surface area contributed by atoms with E-state index in [0.29, 0.717) is 19.1 Å². The molecule has 0 radical (unpaired) electrons. The normalized spacial score (nSPS) is 14.2. The molecule has 0 bridgehead atoms. The number of benzene rings is 1. The number of amides is 1. The summed E-state index contributed by atoms with van der Waals surface area (Å²) < 4.78 is 11.0. The largest absolute Gasteiger partial charge is 0.474 e. The molecular formula is C18H16N4O5. The van der Waals surface area contributed by atoms with Crippen LogP contribution in [0.4, 0.5) is 11.4 Å². The summed E-state index contributed by atoms with van der Waals surface area (Å²) in [7, 11) is 0. The van der Waals surface area contributed by atoms with Gasteiger partial charge in [0.25, 0.3) is 11.6 Å². The number of pyridine rings is 1. The van der Waals surface area contributed by atoms with Crippen molar-refractivity contribution in [1.29, 1.82) is 5.26 Å². The zero-order chi connectivity index (χ0) is 19.2. The third-order valence-corrected chi connectivity index (χ3v) is 4.04. The Morgan fingerprint density at radius 2 is 2.11 bits per heavy atom. The Balaban J connectivity index is 1.67. The lowest BCUT2D eigenvalue weighted by atomic mass is 10.1. The average molecular weight is 368 g/mol. The summed E-state index contributed by atoms with van der Waals surface area (Å²) in [5, 5.41) is 22.5. The van der Waals surface area contributed by atoms with E-state index in [4.69, 9.17) is 14.7 Å². The Hall–Kier alpha value is -3.51. The molecule has 9 heteroatoms. The highest BCUT2D eigenvalue weighted by atomic mass is 16.6. The predicted molar refractivity (Wildman–Crippen MR) is 94.5 cm³/mol. The zero-order valence-corrected chi connectivity index (χ0v) is 14.3. The molecule has 0 saturated carbocycles. The number of nitrogens with one attached hydrogen (secondary N) is 1. The summed E-state index contributed by atoms with van der Waals surface area (Å²) in [4.78, 5) is 26.7. The second kappa shape index (κ2) is 8.25. The van der Waals surface area contributed by atoms with Crippen LogP contribution in [0, 0.1) is 21.4 Å². The monoisotopic (exact) mass is 368 g/mol. The van der Waals surface area contributed by atoms with Crippen molar-refractivity contribution >= 4 is 17.3 Å². The lowest BCUT2D eigenvalue weighted by molar-refractivity contribution is -0.384. The number of non-ortho nitro benzene ring substituents is 1. The summed E-state index contributed by atoms with van der Waals surface area (Å²) >= 11 is 0. The van der Waals surface area contributed by atoms with Gasteiger partial charge in [-0.15, -0.1) is 0 Å². The van der Waals surface area contributed by atoms with E-state index in [2.05, 4.69) is 10.3 Å². The maximum absolute atomic E-state index is 12.4. The molecule has 1 aromatic heterocycles. The summed E-state index contributed by atoms with van der Waals surface area (Å²) in [6.45, 7) is 1.31. The van der Waals surface area contributed by atoms with Crippen LogP contribution in [0.2, 0.25) is 0 Å². The molecule has 0 unspecified atom stereocenters. The van der Waals surface area contributed by atoms with Gasteiger partial charge in [-0.2, -0.15) is 5.26 Å². The van der Waals surface area contributed by atoms with Gasteiger partial charge in [0.05, 0.1) is 35.0 Å².